The number of anilines is 2. The second kappa shape index (κ2) is 9.48. The molecular formula is C37H34BNO2. The van der Waals surface area contributed by atoms with Crippen LogP contribution in [-0.2, 0) is 14.8 Å². The van der Waals surface area contributed by atoms with E-state index in [9.17, 15) is 0 Å². The van der Waals surface area contributed by atoms with Crippen LogP contribution in [0.2, 0.25) is 0 Å². The maximum atomic E-state index is 6.48. The van der Waals surface area contributed by atoms with Gasteiger partial charge in [-0.1, -0.05) is 115 Å². The van der Waals surface area contributed by atoms with Crippen molar-refractivity contribution < 1.29 is 9.31 Å². The first-order chi connectivity index (χ1) is 19.8. The van der Waals surface area contributed by atoms with Gasteiger partial charge in [0.1, 0.15) is 5.54 Å². The first-order valence-electron chi connectivity index (χ1n) is 14.4. The van der Waals surface area contributed by atoms with E-state index in [1.807, 2.05) is 0 Å². The molecule has 0 bridgehead atoms. The first kappa shape index (κ1) is 25.8. The van der Waals surface area contributed by atoms with Crippen LogP contribution < -0.4 is 10.4 Å². The average Bonchev–Trinajstić information content (AvgIpc) is 3.23. The Morgan fingerprint density at radius 2 is 1.05 bits per heavy atom. The molecule has 0 amide bonds. The molecule has 7 rings (SSSR count). The smallest absolute Gasteiger partial charge is 0.399 e. The summed E-state index contributed by atoms with van der Waals surface area (Å²) >= 11 is 0. The molecule has 0 aromatic heterocycles. The minimum absolute atomic E-state index is 0.405. The second-order valence-corrected chi connectivity index (χ2v) is 12.0. The largest absolute Gasteiger partial charge is 0.494 e. The van der Waals surface area contributed by atoms with Gasteiger partial charge in [0.05, 0.1) is 16.9 Å². The van der Waals surface area contributed by atoms with Crippen molar-refractivity contribution >= 4 is 24.0 Å². The van der Waals surface area contributed by atoms with Crippen LogP contribution in [0.4, 0.5) is 11.4 Å². The van der Waals surface area contributed by atoms with Crippen LogP contribution in [0, 0.1) is 0 Å². The summed E-state index contributed by atoms with van der Waals surface area (Å²) in [6, 6.07) is 48.0. The average molecular weight is 535 g/mol. The highest BCUT2D eigenvalue weighted by molar-refractivity contribution is 6.62. The van der Waals surface area contributed by atoms with Gasteiger partial charge in [0.2, 0.25) is 0 Å². The van der Waals surface area contributed by atoms with Crippen molar-refractivity contribution in [3.8, 4) is 11.1 Å². The molecule has 2 aliphatic rings. The molecule has 5 aromatic carbocycles. The van der Waals surface area contributed by atoms with Crippen LogP contribution in [0.5, 0.6) is 0 Å². The highest BCUT2D eigenvalue weighted by atomic mass is 16.7. The van der Waals surface area contributed by atoms with Crippen LogP contribution in [0.1, 0.15) is 44.4 Å². The second-order valence-electron chi connectivity index (χ2n) is 12.0. The topological polar surface area (TPSA) is 21.7 Å². The lowest BCUT2D eigenvalue weighted by atomic mass is 9.68. The Bertz CT molecular complexity index is 1640. The third-order valence-electron chi connectivity index (χ3n) is 9.13. The number of fused-ring (bicyclic) bond motifs is 3. The predicted octanol–water partition coefficient (Wildman–Crippen LogP) is 8.10. The minimum atomic E-state index is -0.598. The van der Waals surface area contributed by atoms with Gasteiger partial charge in [-0.25, -0.2) is 0 Å². The summed E-state index contributed by atoms with van der Waals surface area (Å²) in [4.78, 5) is 2.52. The molecule has 0 radical (unpaired) electrons. The molecule has 2 heterocycles. The molecule has 41 heavy (non-hydrogen) atoms. The molecule has 5 aromatic rings. The zero-order chi connectivity index (χ0) is 28.2. The molecular weight excluding hydrogens is 501 g/mol. The van der Waals surface area contributed by atoms with Crippen molar-refractivity contribution in [2.24, 2.45) is 0 Å². The Morgan fingerprint density at radius 1 is 0.537 bits per heavy atom. The van der Waals surface area contributed by atoms with E-state index in [-0.39, 0.29) is 0 Å². The number of rotatable bonds is 4. The summed E-state index contributed by atoms with van der Waals surface area (Å²) in [6.45, 7) is 8.41. The number of para-hydroxylation sites is 1. The Kier molecular flexibility index (Phi) is 5.97. The summed E-state index contributed by atoms with van der Waals surface area (Å²) in [7, 11) is -0.433. The molecule has 2 aliphatic heterocycles. The lowest BCUT2D eigenvalue weighted by Crippen LogP contribution is -2.48. The van der Waals surface area contributed by atoms with Crippen molar-refractivity contribution in [1.29, 1.82) is 0 Å². The normalized spacial score (nSPS) is 18.0. The predicted molar refractivity (Wildman–Crippen MR) is 169 cm³/mol. The molecule has 0 N–H and O–H groups in total. The highest BCUT2D eigenvalue weighted by Crippen LogP contribution is 2.56. The fourth-order valence-corrected chi connectivity index (χ4v) is 6.43. The Balaban J connectivity index is 1.54. The maximum absolute atomic E-state index is 6.48. The fourth-order valence-electron chi connectivity index (χ4n) is 6.43. The van der Waals surface area contributed by atoms with Crippen molar-refractivity contribution in [2.75, 3.05) is 4.90 Å². The summed E-state index contributed by atoms with van der Waals surface area (Å²) in [5, 5.41) is 0. The molecule has 0 spiro atoms. The number of hydrogen-bond donors (Lipinski definition) is 0. The molecule has 1 saturated heterocycles. The Labute approximate surface area is 243 Å². The van der Waals surface area contributed by atoms with Crippen LogP contribution >= 0.6 is 0 Å². The van der Waals surface area contributed by atoms with Gasteiger partial charge in [-0.2, -0.15) is 0 Å². The van der Waals surface area contributed by atoms with E-state index in [0.29, 0.717) is 0 Å². The Morgan fingerprint density at radius 3 is 1.63 bits per heavy atom. The molecule has 3 nitrogen and oxygen atoms in total. The number of hydrogen-bond acceptors (Lipinski definition) is 3. The molecule has 1 fully saturated rings. The van der Waals surface area contributed by atoms with Gasteiger partial charge >= 0.3 is 7.12 Å². The summed E-state index contributed by atoms with van der Waals surface area (Å²) in [5.41, 5.74) is 7.92. The van der Waals surface area contributed by atoms with E-state index in [1.165, 1.54) is 27.8 Å². The van der Waals surface area contributed by atoms with Gasteiger partial charge in [0, 0.05) is 11.3 Å². The Hall–Kier alpha value is -4.12. The molecule has 0 aliphatic carbocycles. The molecule has 0 unspecified atom stereocenters. The van der Waals surface area contributed by atoms with Crippen LogP contribution in [0.3, 0.4) is 0 Å². The molecule has 202 valence electrons. The van der Waals surface area contributed by atoms with Crippen molar-refractivity contribution in [3.63, 3.8) is 0 Å². The molecule has 0 saturated carbocycles. The van der Waals surface area contributed by atoms with Crippen molar-refractivity contribution in [1.82, 2.24) is 0 Å². The van der Waals surface area contributed by atoms with E-state index >= 15 is 0 Å². The third kappa shape index (κ3) is 3.89. The van der Waals surface area contributed by atoms with Gasteiger partial charge < -0.3 is 14.2 Å². The zero-order valence-electron chi connectivity index (χ0n) is 24.0. The monoisotopic (exact) mass is 535 g/mol. The van der Waals surface area contributed by atoms with Crippen molar-refractivity contribution in [3.05, 3.63) is 150 Å². The highest BCUT2D eigenvalue weighted by Gasteiger charge is 2.53. The lowest BCUT2D eigenvalue weighted by molar-refractivity contribution is 0.00578. The summed E-state index contributed by atoms with van der Waals surface area (Å²) < 4.78 is 13.0. The molecule has 4 heteroatoms. The van der Waals surface area contributed by atoms with E-state index in [0.717, 1.165) is 16.8 Å². The van der Waals surface area contributed by atoms with Crippen LogP contribution in [0.15, 0.2) is 133 Å². The standard InChI is InChI=1S/C37H34BNO2/c1-35(2)36(3,4)41-38(40-35)29-24-25-34-32(26-29)31-22-14-15-23-33(31)37(27-16-8-5-9-17-27,28-18-10-6-11-19-28)39(34)30-20-12-7-13-21-30/h5-26H,1-4H3. The summed E-state index contributed by atoms with van der Waals surface area (Å²) in [6.07, 6.45) is 0. The van der Waals surface area contributed by atoms with Gasteiger partial charge in [0.25, 0.3) is 0 Å². The van der Waals surface area contributed by atoms with Crippen LogP contribution in [0.25, 0.3) is 11.1 Å². The summed E-state index contributed by atoms with van der Waals surface area (Å²) in [5.74, 6) is 0. The van der Waals surface area contributed by atoms with E-state index < -0.39 is 23.9 Å². The zero-order valence-corrected chi connectivity index (χ0v) is 24.0. The number of nitrogens with zero attached hydrogens (tertiary/aromatic N) is 1. The third-order valence-corrected chi connectivity index (χ3v) is 9.13. The minimum Gasteiger partial charge on any atom is -0.399 e. The van der Waals surface area contributed by atoms with E-state index in [2.05, 4.69) is 166 Å². The van der Waals surface area contributed by atoms with E-state index in [4.69, 9.17) is 9.31 Å². The molecule has 0 atom stereocenters. The van der Waals surface area contributed by atoms with Gasteiger partial charge in [-0.05, 0) is 73.6 Å². The van der Waals surface area contributed by atoms with Crippen LogP contribution in [-0.4, -0.2) is 18.3 Å². The maximum Gasteiger partial charge on any atom is 0.494 e. The fraction of sp³-hybridized carbons (Fsp3) is 0.189. The van der Waals surface area contributed by atoms with E-state index in [1.54, 1.807) is 0 Å². The lowest BCUT2D eigenvalue weighted by Gasteiger charge is -2.51. The van der Waals surface area contributed by atoms with Gasteiger partial charge in [0.15, 0.2) is 0 Å². The first-order valence-corrected chi connectivity index (χ1v) is 14.4. The SMILES string of the molecule is CC1(C)OB(c2ccc3c(c2)-c2ccccc2C(c2ccccc2)(c2ccccc2)N3c2ccccc2)OC1(C)C. The number of benzene rings is 5. The van der Waals surface area contributed by atoms with Crippen molar-refractivity contribution in [2.45, 2.75) is 44.4 Å². The quantitative estimate of drug-likeness (QED) is 0.217. The van der Waals surface area contributed by atoms with Gasteiger partial charge in [-0.15, -0.1) is 0 Å². The van der Waals surface area contributed by atoms with Gasteiger partial charge in [-0.3, -0.25) is 0 Å².